The van der Waals surface area contributed by atoms with Gasteiger partial charge in [-0.1, -0.05) is 6.07 Å². The molecule has 0 saturated carbocycles. The van der Waals surface area contributed by atoms with Gasteiger partial charge in [0, 0.05) is 63.8 Å². The number of aromatic nitrogens is 3. The molecule has 0 spiro atoms. The Hall–Kier alpha value is -2.42. The van der Waals surface area contributed by atoms with Gasteiger partial charge >= 0.3 is 6.18 Å². The second-order valence-electron chi connectivity index (χ2n) is 7.67. The van der Waals surface area contributed by atoms with Crippen LogP contribution in [0, 0.1) is 6.92 Å². The molecule has 0 N–H and O–H groups in total. The average molecular weight is 406 g/mol. The summed E-state index contributed by atoms with van der Waals surface area (Å²) in [5.74, 6) is 1.77. The Labute approximate surface area is 168 Å². The van der Waals surface area contributed by atoms with E-state index < -0.39 is 11.9 Å². The highest BCUT2D eigenvalue weighted by atomic mass is 19.4. The lowest BCUT2D eigenvalue weighted by molar-refractivity contribution is -0.141. The number of piperazine rings is 1. The molecule has 2 aliphatic rings. The number of hydrogen-bond acceptors (Lipinski definition) is 6. The van der Waals surface area contributed by atoms with Crippen molar-refractivity contribution >= 4 is 11.8 Å². The first-order chi connectivity index (χ1) is 13.9. The van der Waals surface area contributed by atoms with Crippen molar-refractivity contribution in [1.29, 1.82) is 0 Å². The number of aryl methyl sites for hydroxylation is 1. The van der Waals surface area contributed by atoms with Gasteiger partial charge in [-0.2, -0.15) is 18.2 Å². The fraction of sp³-hybridized carbons (Fsp3) is 0.550. The van der Waals surface area contributed by atoms with Crippen LogP contribution in [0.15, 0.2) is 24.4 Å². The van der Waals surface area contributed by atoms with Crippen molar-refractivity contribution in [1.82, 2.24) is 19.9 Å². The molecule has 0 bridgehead atoms. The van der Waals surface area contributed by atoms with Gasteiger partial charge in [-0.05, 0) is 31.4 Å². The van der Waals surface area contributed by atoms with E-state index in [0.717, 1.165) is 68.4 Å². The molecule has 0 unspecified atom stereocenters. The summed E-state index contributed by atoms with van der Waals surface area (Å²) in [5.41, 5.74) is 0.912. The van der Waals surface area contributed by atoms with Crippen molar-refractivity contribution in [2.45, 2.75) is 32.5 Å². The fourth-order valence-corrected chi connectivity index (χ4v) is 3.84. The SMILES string of the molecule is Cc1cc(N2CCN(Cc3ccc(C(F)(F)F)nc3)CC2)nc(N2CCCC2)n1. The van der Waals surface area contributed by atoms with Crippen LogP contribution in [0.3, 0.4) is 0 Å². The predicted molar refractivity (Wildman–Crippen MR) is 105 cm³/mol. The maximum atomic E-state index is 12.6. The summed E-state index contributed by atoms with van der Waals surface area (Å²) >= 11 is 0. The van der Waals surface area contributed by atoms with Gasteiger partial charge in [0.15, 0.2) is 0 Å². The Morgan fingerprint density at radius 2 is 1.66 bits per heavy atom. The maximum absolute atomic E-state index is 12.6. The molecule has 4 heterocycles. The third-order valence-corrected chi connectivity index (χ3v) is 5.44. The highest BCUT2D eigenvalue weighted by molar-refractivity contribution is 5.46. The molecule has 0 amide bonds. The van der Waals surface area contributed by atoms with Crippen LogP contribution in [0.2, 0.25) is 0 Å². The van der Waals surface area contributed by atoms with E-state index >= 15 is 0 Å². The van der Waals surface area contributed by atoms with E-state index in [1.54, 1.807) is 0 Å². The molecule has 2 aliphatic heterocycles. The van der Waals surface area contributed by atoms with Crippen molar-refractivity contribution in [3.8, 4) is 0 Å². The summed E-state index contributed by atoms with van der Waals surface area (Å²) in [5, 5.41) is 0. The normalized spacial score (nSPS) is 18.5. The largest absolute Gasteiger partial charge is 0.433 e. The second kappa shape index (κ2) is 8.14. The molecule has 2 fully saturated rings. The minimum absolute atomic E-state index is 0.598. The van der Waals surface area contributed by atoms with Crippen LogP contribution in [0.4, 0.5) is 24.9 Å². The molecular weight excluding hydrogens is 381 g/mol. The molecule has 0 aliphatic carbocycles. The van der Waals surface area contributed by atoms with Crippen LogP contribution in [0.25, 0.3) is 0 Å². The number of hydrogen-bond donors (Lipinski definition) is 0. The Kier molecular flexibility index (Phi) is 5.58. The van der Waals surface area contributed by atoms with Crippen molar-refractivity contribution in [3.63, 3.8) is 0 Å². The molecule has 156 valence electrons. The molecule has 0 radical (unpaired) electrons. The highest BCUT2D eigenvalue weighted by Gasteiger charge is 2.32. The number of pyridine rings is 1. The van der Waals surface area contributed by atoms with Gasteiger partial charge in [0.2, 0.25) is 5.95 Å². The van der Waals surface area contributed by atoms with Crippen molar-refractivity contribution in [3.05, 3.63) is 41.3 Å². The van der Waals surface area contributed by atoms with Crippen molar-refractivity contribution in [2.75, 3.05) is 49.1 Å². The Balaban J connectivity index is 1.36. The number of alkyl halides is 3. The maximum Gasteiger partial charge on any atom is 0.433 e. The Bertz CT molecular complexity index is 825. The topological polar surface area (TPSA) is 48.4 Å². The molecule has 29 heavy (non-hydrogen) atoms. The number of halogens is 3. The zero-order valence-corrected chi connectivity index (χ0v) is 16.5. The first kappa shape index (κ1) is 19.9. The van der Waals surface area contributed by atoms with E-state index in [4.69, 9.17) is 4.98 Å². The molecule has 2 aromatic heterocycles. The minimum Gasteiger partial charge on any atom is -0.354 e. The van der Waals surface area contributed by atoms with Crippen LogP contribution in [0.5, 0.6) is 0 Å². The fourth-order valence-electron chi connectivity index (χ4n) is 3.84. The summed E-state index contributed by atoms with van der Waals surface area (Å²) in [4.78, 5) is 19.7. The summed E-state index contributed by atoms with van der Waals surface area (Å²) in [6, 6.07) is 4.59. The summed E-state index contributed by atoms with van der Waals surface area (Å²) in [7, 11) is 0. The lowest BCUT2D eigenvalue weighted by Crippen LogP contribution is -2.46. The van der Waals surface area contributed by atoms with Crippen LogP contribution >= 0.6 is 0 Å². The van der Waals surface area contributed by atoms with Crippen LogP contribution in [-0.4, -0.2) is 59.1 Å². The summed E-state index contributed by atoms with van der Waals surface area (Å²) < 4.78 is 37.9. The van der Waals surface area contributed by atoms with Crippen molar-refractivity contribution in [2.24, 2.45) is 0 Å². The predicted octanol–water partition coefficient (Wildman–Crippen LogP) is 3.12. The van der Waals surface area contributed by atoms with Crippen LogP contribution < -0.4 is 9.80 Å². The summed E-state index contributed by atoms with van der Waals surface area (Å²) in [6.45, 7) is 7.91. The number of nitrogens with zero attached hydrogens (tertiary/aromatic N) is 6. The molecule has 2 saturated heterocycles. The van der Waals surface area contributed by atoms with Gasteiger partial charge in [0.05, 0.1) is 0 Å². The zero-order valence-electron chi connectivity index (χ0n) is 16.5. The van der Waals surface area contributed by atoms with E-state index in [9.17, 15) is 13.2 Å². The van der Waals surface area contributed by atoms with Gasteiger partial charge in [-0.3, -0.25) is 9.88 Å². The van der Waals surface area contributed by atoms with Gasteiger partial charge in [-0.15, -0.1) is 0 Å². The smallest absolute Gasteiger partial charge is 0.354 e. The van der Waals surface area contributed by atoms with E-state index in [0.29, 0.717) is 6.54 Å². The Morgan fingerprint density at radius 3 is 2.28 bits per heavy atom. The Morgan fingerprint density at radius 1 is 0.931 bits per heavy atom. The van der Waals surface area contributed by atoms with Gasteiger partial charge in [0.1, 0.15) is 11.5 Å². The van der Waals surface area contributed by atoms with Crippen molar-refractivity contribution < 1.29 is 13.2 Å². The molecule has 6 nitrogen and oxygen atoms in total. The lowest BCUT2D eigenvalue weighted by atomic mass is 10.2. The molecule has 2 aromatic rings. The molecular formula is C20H25F3N6. The molecule has 4 rings (SSSR count). The monoisotopic (exact) mass is 406 g/mol. The van der Waals surface area contributed by atoms with E-state index in [2.05, 4.69) is 24.7 Å². The van der Waals surface area contributed by atoms with Crippen LogP contribution in [0.1, 0.15) is 29.8 Å². The quantitative estimate of drug-likeness (QED) is 0.778. The number of anilines is 2. The third kappa shape index (κ3) is 4.77. The molecule has 9 heteroatoms. The average Bonchev–Trinajstić information content (AvgIpc) is 3.23. The van der Waals surface area contributed by atoms with Gasteiger partial charge < -0.3 is 9.80 Å². The summed E-state index contributed by atoms with van der Waals surface area (Å²) in [6.07, 6.45) is -0.701. The van der Waals surface area contributed by atoms with E-state index in [-0.39, 0.29) is 0 Å². The second-order valence-corrected chi connectivity index (χ2v) is 7.67. The van der Waals surface area contributed by atoms with Gasteiger partial charge in [0.25, 0.3) is 0 Å². The molecule has 0 aromatic carbocycles. The van der Waals surface area contributed by atoms with E-state index in [1.807, 2.05) is 13.0 Å². The first-order valence-electron chi connectivity index (χ1n) is 9.98. The van der Waals surface area contributed by atoms with Gasteiger partial charge in [-0.25, -0.2) is 4.98 Å². The highest BCUT2D eigenvalue weighted by Crippen LogP contribution is 2.27. The first-order valence-corrected chi connectivity index (χ1v) is 9.98. The number of rotatable bonds is 4. The zero-order chi connectivity index (χ0) is 20.4. The minimum atomic E-state index is -4.40. The van der Waals surface area contributed by atoms with E-state index in [1.165, 1.54) is 25.1 Å². The standard InChI is InChI=1S/C20H25F3N6/c1-15-12-18(26-19(25-15)29-6-2-3-7-29)28-10-8-27(9-11-28)14-16-4-5-17(24-13-16)20(21,22)23/h4-5,12-13H,2-3,6-11,14H2,1H3. The molecule has 0 atom stereocenters. The third-order valence-electron chi connectivity index (χ3n) is 5.44. The lowest BCUT2D eigenvalue weighted by Gasteiger charge is -2.35. The van der Waals surface area contributed by atoms with Crippen LogP contribution in [-0.2, 0) is 12.7 Å².